The van der Waals surface area contributed by atoms with Gasteiger partial charge in [-0.3, -0.25) is 9.59 Å². The highest BCUT2D eigenvalue weighted by Gasteiger charge is 2.23. The van der Waals surface area contributed by atoms with Crippen molar-refractivity contribution in [3.8, 4) is 0 Å². The number of hydrogen-bond donors (Lipinski definition) is 0. The highest BCUT2D eigenvalue weighted by molar-refractivity contribution is 6.07. The van der Waals surface area contributed by atoms with E-state index in [2.05, 4.69) is 0 Å². The molecule has 5 nitrogen and oxygen atoms in total. The lowest BCUT2D eigenvalue weighted by Crippen LogP contribution is -2.37. The zero-order valence-corrected chi connectivity index (χ0v) is 14.6. The molecule has 0 atom stereocenters. The van der Waals surface area contributed by atoms with E-state index >= 15 is 0 Å². The van der Waals surface area contributed by atoms with Crippen LogP contribution in [0.25, 0.3) is 10.8 Å². The monoisotopic (exact) mass is 340 g/mol. The molecule has 2 aromatic rings. The van der Waals surface area contributed by atoms with Crippen LogP contribution in [0.3, 0.4) is 0 Å². The van der Waals surface area contributed by atoms with Crippen LogP contribution >= 0.6 is 0 Å². The molecule has 0 bridgehead atoms. The molecule has 1 aliphatic heterocycles. The molecule has 1 heterocycles. The fourth-order valence-electron chi connectivity index (χ4n) is 3.30. The van der Waals surface area contributed by atoms with E-state index in [-0.39, 0.29) is 11.8 Å². The van der Waals surface area contributed by atoms with Crippen molar-refractivity contribution in [3.05, 3.63) is 48.0 Å². The van der Waals surface area contributed by atoms with Gasteiger partial charge >= 0.3 is 0 Å². The summed E-state index contributed by atoms with van der Waals surface area (Å²) in [4.78, 5) is 28.9. The van der Waals surface area contributed by atoms with Crippen molar-refractivity contribution in [2.45, 2.75) is 12.8 Å². The van der Waals surface area contributed by atoms with Gasteiger partial charge < -0.3 is 14.5 Å². The smallest absolute Gasteiger partial charge is 0.254 e. The third-order valence-corrected chi connectivity index (χ3v) is 4.68. The molecule has 0 aromatic heterocycles. The molecule has 1 fully saturated rings. The Labute approximate surface area is 148 Å². The lowest BCUT2D eigenvalue weighted by molar-refractivity contribution is -0.132. The Balaban J connectivity index is 1.72. The van der Waals surface area contributed by atoms with E-state index in [1.165, 1.54) is 0 Å². The zero-order chi connectivity index (χ0) is 17.6. The minimum atomic E-state index is 0.0444. The second-order valence-corrected chi connectivity index (χ2v) is 6.30. The van der Waals surface area contributed by atoms with Crippen LogP contribution in [-0.4, -0.2) is 61.5 Å². The Hall–Kier alpha value is -2.40. The van der Waals surface area contributed by atoms with E-state index in [0.29, 0.717) is 39.2 Å². The quantitative estimate of drug-likeness (QED) is 0.859. The predicted molar refractivity (Wildman–Crippen MR) is 97.5 cm³/mol. The number of methoxy groups -OCH3 is 1. The summed E-state index contributed by atoms with van der Waals surface area (Å²) in [5.74, 6) is 0.143. The fourth-order valence-corrected chi connectivity index (χ4v) is 3.30. The maximum Gasteiger partial charge on any atom is 0.254 e. The standard InChI is InChI=1S/C20H24N2O3/c1-25-15-10-19(23)21-11-5-12-22(14-13-21)20(24)18-9-4-7-16-6-2-3-8-17(16)18/h2-4,6-9H,5,10-15H2,1H3. The second-order valence-electron chi connectivity index (χ2n) is 6.30. The van der Waals surface area contributed by atoms with Crippen LogP contribution < -0.4 is 0 Å². The number of carbonyl (C=O) groups excluding carboxylic acids is 2. The molecule has 1 saturated heterocycles. The number of hydrogen-bond acceptors (Lipinski definition) is 3. The Morgan fingerprint density at radius 2 is 1.68 bits per heavy atom. The van der Waals surface area contributed by atoms with Crippen molar-refractivity contribution < 1.29 is 14.3 Å². The van der Waals surface area contributed by atoms with Gasteiger partial charge in [-0.15, -0.1) is 0 Å². The van der Waals surface area contributed by atoms with Crippen LogP contribution in [0.15, 0.2) is 42.5 Å². The van der Waals surface area contributed by atoms with Gasteiger partial charge in [0.15, 0.2) is 0 Å². The minimum absolute atomic E-state index is 0.0444. The third kappa shape index (κ3) is 3.99. The predicted octanol–water partition coefficient (Wildman–Crippen LogP) is 2.55. The normalized spacial score (nSPS) is 15.2. The lowest BCUT2D eigenvalue weighted by Gasteiger charge is -2.22. The van der Waals surface area contributed by atoms with Crippen molar-refractivity contribution in [1.82, 2.24) is 9.80 Å². The van der Waals surface area contributed by atoms with Crippen LogP contribution in [0, 0.1) is 0 Å². The Morgan fingerprint density at radius 3 is 2.52 bits per heavy atom. The largest absolute Gasteiger partial charge is 0.384 e. The second kappa shape index (κ2) is 8.12. The maximum atomic E-state index is 13.0. The molecule has 0 radical (unpaired) electrons. The summed E-state index contributed by atoms with van der Waals surface area (Å²) in [6.45, 7) is 2.96. The summed E-state index contributed by atoms with van der Waals surface area (Å²) in [6.07, 6.45) is 1.20. The highest BCUT2D eigenvalue weighted by atomic mass is 16.5. The van der Waals surface area contributed by atoms with E-state index in [4.69, 9.17) is 4.74 Å². The SMILES string of the molecule is COCCC(=O)N1CCCN(C(=O)c2cccc3ccccc23)CC1. The topological polar surface area (TPSA) is 49.9 Å². The molecule has 0 spiro atoms. The molecule has 0 aliphatic carbocycles. The van der Waals surface area contributed by atoms with Crippen molar-refractivity contribution in [2.24, 2.45) is 0 Å². The van der Waals surface area contributed by atoms with E-state index in [9.17, 15) is 9.59 Å². The first-order valence-electron chi connectivity index (χ1n) is 8.74. The van der Waals surface area contributed by atoms with Crippen molar-refractivity contribution in [2.75, 3.05) is 39.9 Å². The Morgan fingerprint density at radius 1 is 0.960 bits per heavy atom. The van der Waals surface area contributed by atoms with Gasteiger partial charge in [0.2, 0.25) is 5.91 Å². The maximum absolute atomic E-state index is 13.0. The first-order chi connectivity index (χ1) is 12.2. The molecule has 1 aliphatic rings. The number of amides is 2. The molecular weight excluding hydrogens is 316 g/mol. The van der Waals surface area contributed by atoms with Crippen molar-refractivity contribution in [1.29, 1.82) is 0 Å². The molecule has 3 rings (SSSR count). The third-order valence-electron chi connectivity index (χ3n) is 4.68. The highest BCUT2D eigenvalue weighted by Crippen LogP contribution is 2.20. The van der Waals surface area contributed by atoms with Gasteiger partial charge in [0.25, 0.3) is 5.91 Å². The van der Waals surface area contributed by atoms with Gasteiger partial charge in [-0.05, 0) is 23.3 Å². The van der Waals surface area contributed by atoms with Gasteiger partial charge in [-0.1, -0.05) is 36.4 Å². The van der Waals surface area contributed by atoms with Crippen molar-refractivity contribution >= 4 is 22.6 Å². The number of carbonyl (C=O) groups is 2. The summed E-state index contributed by atoms with van der Waals surface area (Å²) >= 11 is 0. The molecule has 5 heteroatoms. The summed E-state index contributed by atoms with van der Waals surface area (Å²) in [5, 5.41) is 2.05. The first kappa shape index (κ1) is 17.4. The zero-order valence-electron chi connectivity index (χ0n) is 14.6. The van der Waals surface area contributed by atoms with Crippen LogP contribution in [0.2, 0.25) is 0 Å². The van der Waals surface area contributed by atoms with Crippen molar-refractivity contribution in [3.63, 3.8) is 0 Å². The fraction of sp³-hybridized carbons (Fsp3) is 0.400. The summed E-state index contributed by atoms with van der Waals surface area (Å²) < 4.78 is 4.98. The number of ether oxygens (including phenoxy) is 1. The van der Waals surface area contributed by atoms with E-state index < -0.39 is 0 Å². The van der Waals surface area contributed by atoms with Gasteiger partial charge in [0.05, 0.1) is 13.0 Å². The molecule has 2 amide bonds. The summed E-state index contributed by atoms with van der Waals surface area (Å²) in [7, 11) is 1.60. The van der Waals surface area contributed by atoms with Gasteiger partial charge in [-0.25, -0.2) is 0 Å². The number of rotatable bonds is 4. The Bertz CT molecular complexity index is 754. The number of nitrogens with zero attached hydrogens (tertiary/aromatic N) is 2. The van der Waals surface area contributed by atoms with E-state index in [0.717, 1.165) is 22.8 Å². The molecule has 2 aromatic carbocycles. The lowest BCUT2D eigenvalue weighted by atomic mass is 10.0. The average Bonchev–Trinajstić information content (AvgIpc) is 2.91. The van der Waals surface area contributed by atoms with Gasteiger partial charge in [-0.2, -0.15) is 0 Å². The molecule has 132 valence electrons. The van der Waals surface area contributed by atoms with E-state index in [1.54, 1.807) is 7.11 Å². The minimum Gasteiger partial charge on any atom is -0.384 e. The number of benzene rings is 2. The molecule has 0 saturated carbocycles. The molecule has 0 N–H and O–H groups in total. The summed E-state index contributed by atoms with van der Waals surface area (Å²) in [5.41, 5.74) is 0.734. The average molecular weight is 340 g/mol. The summed E-state index contributed by atoms with van der Waals surface area (Å²) in [6, 6.07) is 13.8. The first-order valence-corrected chi connectivity index (χ1v) is 8.74. The van der Waals surface area contributed by atoms with Crippen LogP contribution in [0.4, 0.5) is 0 Å². The van der Waals surface area contributed by atoms with Crippen LogP contribution in [-0.2, 0) is 9.53 Å². The van der Waals surface area contributed by atoms with Gasteiger partial charge in [0, 0.05) is 38.9 Å². The molecule has 25 heavy (non-hydrogen) atoms. The van der Waals surface area contributed by atoms with Crippen LogP contribution in [0.5, 0.6) is 0 Å². The number of fused-ring (bicyclic) bond motifs is 1. The molecular formula is C20H24N2O3. The van der Waals surface area contributed by atoms with Gasteiger partial charge in [0.1, 0.15) is 0 Å². The molecule has 0 unspecified atom stereocenters. The Kier molecular flexibility index (Phi) is 5.66. The van der Waals surface area contributed by atoms with E-state index in [1.807, 2.05) is 52.3 Å². The van der Waals surface area contributed by atoms with Crippen LogP contribution in [0.1, 0.15) is 23.2 Å².